The van der Waals surface area contributed by atoms with Gasteiger partial charge in [0, 0.05) is 24.0 Å². The number of nitrogens with zero attached hydrogens (tertiary/aromatic N) is 2. The van der Waals surface area contributed by atoms with Gasteiger partial charge in [-0.3, -0.25) is 9.59 Å². The first kappa shape index (κ1) is 13.7. The maximum absolute atomic E-state index is 12.4. The highest BCUT2D eigenvalue weighted by Crippen LogP contribution is 2.18. The Hall–Kier alpha value is -2.27. The van der Waals surface area contributed by atoms with Crippen molar-refractivity contribution in [3.05, 3.63) is 41.6 Å². The second kappa shape index (κ2) is 5.61. The van der Waals surface area contributed by atoms with Crippen molar-refractivity contribution in [1.29, 1.82) is 0 Å². The number of pyridine rings is 1. The smallest absolute Gasteiger partial charge is 0.272 e. The molecule has 3 rings (SSSR count). The fourth-order valence-electron chi connectivity index (χ4n) is 2.48. The number of benzene rings is 1. The second-order valence-electron chi connectivity index (χ2n) is 5.03. The van der Waals surface area contributed by atoms with E-state index in [1.54, 1.807) is 17.0 Å². The zero-order chi connectivity index (χ0) is 14.8. The quantitative estimate of drug-likeness (QED) is 0.790. The van der Waals surface area contributed by atoms with Crippen molar-refractivity contribution in [3.63, 3.8) is 0 Å². The summed E-state index contributed by atoms with van der Waals surface area (Å²) in [4.78, 5) is 30.3. The van der Waals surface area contributed by atoms with E-state index in [1.807, 2.05) is 18.2 Å². The van der Waals surface area contributed by atoms with Crippen LogP contribution < -0.4 is 0 Å². The van der Waals surface area contributed by atoms with Gasteiger partial charge in [0.1, 0.15) is 5.69 Å². The average molecular weight is 284 g/mol. The Morgan fingerprint density at radius 2 is 1.90 bits per heavy atom. The molecule has 0 atom stereocenters. The molecule has 0 N–H and O–H groups in total. The minimum absolute atomic E-state index is 0.0518. The molecule has 1 aliphatic rings. The molecular formula is C16H16N2O3. The molecule has 21 heavy (non-hydrogen) atoms. The van der Waals surface area contributed by atoms with Gasteiger partial charge in [0.25, 0.3) is 5.91 Å². The van der Waals surface area contributed by atoms with E-state index in [0.29, 0.717) is 43.1 Å². The molecule has 1 fully saturated rings. The van der Waals surface area contributed by atoms with Gasteiger partial charge in [-0.1, -0.05) is 18.2 Å². The molecule has 0 bridgehead atoms. The van der Waals surface area contributed by atoms with Gasteiger partial charge >= 0.3 is 0 Å². The summed E-state index contributed by atoms with van der Waals surface area (Å²) >= 11 is 0. The zero-order valence-corrected chi connectivity index (χ0v) is 11.8. The van der Waals surface area contributed by atoms with Crippen LogP contribution >= 0.6 is 0 Å². The lowest BCUT2D eigenvalue weighted by atomic mass is 10.1. The topological polar surface area (TPSA) is 59.5 Å². The van der Waals surface area contributed by atoms with Crippen molar-refractivity contribution in [2.45, 2.75) is 6.92 Å². The van der Waals surface area contributed by atoms with Crippen LogP contribution in [0, 0.1) is 0 Å². The number of morpholine rings is 1. The number of amides is 1. The van der Waals surface area contributed by atoms with Crippen LogP contribution in [0.5, 0.6) is 0 Å². The van der Waals surface area contributed by atoms with E-state index in [2.05, 4.69) is 4.98 Å². The highest BCUT2D eigenvalue weighted by atomic mass is 16.5. The minimum atomic E-state index is -0.112. The number of hydrogen-bond donors (Lipinski definition) is 0. The number of aromatic nitrogens is 1. The highest BCUT2D eigenvalue weighted by Gasteiger charge is 2.20. The number of ketones is 1. The number of carbonyl (C=O) groups is 2. The predicted molar refractivity (Wildman–Crippen MR) is 78.5 cm³/mol. The number of Topliss-reactive ketones (excluding diaryl/α,β-unsaturated/α-hetero) is 1. The van der Waals surface area contributed by atoms with Crippen LogP contribution in [0.3, 0.4) is 0 Å². The molecule has 1 aromatic heterocycles. The molecule has 0 unspecified atom stereocenters. The third-order valence-corrected chi connectivity index (χ3v) is 3.62. The SMILES string of the molecule is CC(=O)c1cccc2ccc(C(=O)N3CCOCC3)nc12. The van der Waals surface area contributed by atoms with Crippen LogP contribution in [0.15, 0.2) is 30.3 Å². The van der Waals surface area contributed by atoms with Crippen molar-refractivity contribution in [1.82, 2.24) is 9.88 Å². The molecule has 5 heteroatoms. The van der Waals surface area contributed by atoms with E-state index in [1.165, 1.54) is 6.92 Å². The fourth-order valence-corrected chi connectivity index (χ4v) is 2.48. The highest BCUT2D eigenvalue weighted by molar-refractivity contribution is 6.06. The van der Waals surface area contributed by atoms with Gasteiger partial charge in [-0.2, -0.15) is 0 Å². The van der Waals surface area contributed by atoms with Crippen LogP contribution in [-0.4, -0.2) is 47.9 Å². The van der Waals surface area contributed by atoms with Gasteiger partial charge in [0.05, 0.1) is 18.7 Å². The molecule has 5 nitrogen and oxygen atoms in total. The van der Waals surface area contributed by atoms with Crippen LogP contribution in [0.2, 0.25) is 0 Å². The number of rotatable bonds is 2. The van der Waals surface area contributed by atoms with E-state index < -0.39 is 0 Å². The van der Waals surface area contributed by atoms with E-state index >= 15 is 0 Å². The standard InChI is InChI=1S/C16H16N2O3/c1-11(19)13-4-2-3-12-5-6-14(17-15(12)13)16(20)18-7-9-21-10-8-18/h2-6H,7-10H2,1H3. The van der Waals surface area contributed by atoms with E-state index in [0.717, 1.165) is 5.39 Å². The monoisotopic (exact) mass is 284 g/mol. The van der Waals surface area contributed by atoms with Crippen molar-refractivity contribution < 1.29 is 14.3 Å². The molecule has 2 heterocycles. The van der Waals surface area contributed by atoms with Gasteiger partial charge in [-0.15, -0.1) is 0 Å². The van der Waals surface area contributed by atoms with Crippen molar-refractivity contribution in [2.24, 2.45) is 0 Å². The molecule has 0 spiro atoms. The van der Waals surface area contributed by atoms with E-state index in [9.17, 15) is 9.59 Å². The summed E-state index contributed by atoms with van der Waals surface area (Å²) in [5.74, 6) is -0.164. The van der Waals surface area contributed by atoms with Crippen LogP contribution in [0.1, 0.15) is 27.8 Å². The first-order valence-electron chi connectivity index (χ1n) is 6.94. The molecule has 0 radical (unpaired) electrons. The fraction of sp³-hybridized carbons (Fsp3) is 0.312. The molecule has 0 aliphatic carbocycles. The number of carbonyl (C=O) groups excluding carboxylic acids is 2. The maximum atomic E-state index is 12.4. The molecular weight excluding hydrogens is 268 g/mol. The predicted octanol–water partition coefficient (Wildman–Crippen LogP) is 1.91. The lowest BCUT2D eigenvalue weighted by molar-refractivity contribution is 0.0299. The number of para-hydroxylation sites is 1. The van der Waals surface area contributed by atoms with Crippen molar-refractivity contribution in [3.8, 4) is 0 Å². The van der Waals surface area contributed by atoms with Gasteiger partial charge in [-0.25, -0.2) is 4.98 Å². The van der Waals surface area contributed by atoms with Crippen LogP contribution in [-0.2, 0) is 4.74 Å². The largest absolute Gasteiger partial charge is 0.378 e. The van der Waals surface area contributed by atoms with Gasteiger partial charge in [-0.05, 0) is 19.1 Å². The third-order valence-electron chi connectivity index (χ3n) is 3.62. The summed E-state index contributed by atoms with van der Waals surface area (Å²) in [6.45, 7) is 3.77. The first-order valence-corrected chi connectivity index (χ1v) is 6.94. The lowest BCUT2D eigenvalue weighted by Gasteiger charge is -2.26. The van der Waals surface area contributed by atoms with Crippen molar-refractivity contribution in [2.75, 3.05) is 26.3 Å². The Kier molecular flexibility index (Phi) is 3.66. The van der Waals surface area contributed by atoms with Gasteiger partial charge in [0.2, 0.25) is 0 Å². The van der Waals surface area contributed by atoms with E-state index in [-0.39, 0.29) is 11.7 Å². The molecule has 1 aliphatic heterocycles. The van der Waals surface area contributed by atoms with Crippen molar-refractivity contribution >= 4 is 22.6 Å². The summed E-state index contributed by atoms with van der Waals surface area (Å²) in [6, 6.07) is 9.00. The Morgan fingerprint density at radius 3 is 2.62 bits per heavy atom. The Morgan fingerprint density at radius 1 is 1.14 bits per heavy atom. The zero-order valence-electron chi connectivity index (χ0n) is 11.8. The number of hydrogen-bond acceptors (Lipinski definition) is 4. The summed E-state index contributed by atoms with van der Waals surface area (Å²) in [6.07, 6.45) is 0. The molecule has 1 aromatic carbocycles. The Balaban J connectivity index is 2.01. The average Bonchev–Trinajstić information content (AvgIpc) is 2.53. The molecule has 0 saturated carbocycles. The van der Waals surface area contributed by atoms with E-state index in [4.69, 9.17) is 4.74 Å². The summed E-state index contributed by atoms with van der Waals surface area (Å²) in [7, 11) is 0. The third kappa shape index (κ3) is 2.64. The maximum Gasteiger partial charge on any atom is 0.272 e. The summed E-state index contributed by atoms with van der Waals surface area (Å²) in [5, 5.41) is 0.862. The van der Waals surface area contributed by atoms with Crippen LogP contribution in [0.4, 0.5) is 0 Å². The summed E-state index contributed by atoms with van der Waals surface area (Å²) < 4.78 is 5.25. The van der Waals surface area contributed by atoms with Gasteiger partial charge < -0.3 is 9.64 Å². The molecule has 1 amide bonds. The molecule has 2 aromatic rings. The molecule has 108 valence electrons. The number of fused-ring (bicyclic) bond motifs is 1. The Labute approximate surface area is 122 Å². The second-order valence-corrected chi connectivity index (χ2v) is 5.03. The first-order chi connectivity index (χ1) is 10.2. The van der Waals surface area contributed by atoms with Crippen LogP contribution in [0.25, 0.3) is 10.9 Å². The minimum Gasteiger partial charge on any atom is -0.378 e. The lowest BCUT2D eigenvalue weighted by Crippen LogP contribution is -2.41. The van der Waals surface area contributed by atoms with Gasteiger partial charge in [0.15, 0.2) is 5.78 Å². The summed E-state index contributed by atoms with van der Waals surface area (Å²) in [5.41, 5.74) is 1.51. The molecule has 1 saturated heterocycles. The Bertz CT molecular complexity index is 706. The number of ether oxygens (including phenoxy) is 1. The normalized spacial score (nSPS) is 15.2.